The van der Waals surface area contributed by atoms with E-state index in [0.29, 0.717) is 11.5 Å². The summed E-state index contributed by atoms with van der Waals surface area (Å²) >= 11 is 0. The summed E-state index contributed by atoms with van der Waals surface area (Å²) in [7, 11) is 0. The molecule has 5 N–H and O–H groups in total. The van der Waals surface area contributed by atoms with E-state index >= 15 is 0 Å². The number of carbonyl (C=O) groups excluding carboxylic acids is 1. The number of nitrogens with one attached hydrogen (secondary N) is 1. The summed E-state index contributed by atoms with van der Waals surface area (Å²) in [5, 5.41) is 3.54. The number of aromatic nitrogens is 1. The molecule has 7 nitrogen and oxygen atoms in total. The van der Waals surface area contributed by atoms with Gasteiger partial charge in [-0.3, -0.25) is 4.79 Å². The Hall–Kier alpha value is -2.96. The third kappa shape index (κ3) is 3.37. The first-order valence-corrected chi connectivity index (χ1v) is 9.60. The van der Waals surface area contributed by atoms with Gasteiger partial charge >= 0.3 is 0 Å². The van der Waals surface area contributed by atoms with Gasteiger partial charge in [-0.15, -0.1) is 0 Å². The van der Waals surface area contributed by atoms with Crippen molar-refractivity contribution >= 4 is 23.2 Å². The molecule has 0 aliphatic carbocycles. The van der Waals surface area contributed by atoms with Crippen LogP contribution in [-0.4, -0.2) is 41.3 Å². The molecule has 2 aromatic rings. The number of H-pyrrole nitrogens is 1. The first-order valence-electron chi connectivity index (χ1n) is 9.60. The molecular formula is C20H26N6O. The third-order valence-corrected chi connectivity index (χ3v) is 5.46. The summed E-state index contributed by atoms with van der Waals surface area (Å²) in [6.07, 6.45) is 5.45. The Morgan fingerprint density at radius 1 is 1.04 bits per heavy atom. The van der Waals surface area contributed by atoms with Crippen LogP contribution < -0.4 is 16.5 Å². The van der Waals surface area contributed by atoms with Gasteiger partial charge in [0.15, 0.2) is 0 Å². The minimum atomic E-state index is 0.117. The summed E-state index contributed by atoms with van der Waals surface area (Å²) in [4.78, 5) is 20.4. The van der Waals surface area contributed by atoms with Crippen LogP contribution in [0.2, 0.25) is 0 Å². The van der Waals surface area contributed by atoms with Crippen LogP contribution in [0.5, 0.6) is 0 Å². The van der Waals surface area contributed by atoms with Crippen LogP contribution in [0.1, 0.15) is 47.3 Å². The number of hydrogen-bond acceptors (Lipinski definition) is 4. The van der Waals surface area contributed by atoms with Gasteiger partial charge in [-0.2, -0.15) is 5.10 Å². The molecule has 4 rings (SSSR count). The lowest BCUT2D eigenvalue weighted by Gasteiger charge is -2.29. The van der Waals surface area contributed by atoms with Crippen molar-refractivity contribution in [1.82, 2.24) is 9.88 Å². The molecule has 1 aromatic heterocycles. The molecule has 142 valence electrons. The minimum Gasteiger partial charge on any atom is -0.382 e. The number of hydrogen-bond donors (Lipinski definition) is 3. The Bertz CT molecular complexity index is 848. The first-order chi connectivity index (χ1) is 13.2. The zero-order valence-electron chi connectivity index (χ0n) is 15.4. The highest BCUT2D eigenvalue weighted by Gasteiger charge is 2.25. The minimum absolute atomic E-state index is 0.117. The number of benzene rings is 1. The number of nitrogens with zero attached hydrogens (tertiary/aromatic N) is 3. The Morgan fingerprint density at radius 2 is 1.78 bits per heavy atom. The van der Waals surface area contributed by atoms with Crippen molar-refractivity contribution in [3.63, 3.8) is 0 Å². The van der Waals surface area contributed by atoms with E-state index in [1.54, 1.807) is 0 Å². The molecule has 0 atom stereocenters. The smallest absolute Gasteiger partial charge is 0.270 e. The van der Waals surface area contributed by atoms with Crippen molar-refractivity contribution in [1.29, 1.82) is 0 Å². The monoisotopic (exact) mass is 366 g/mol. The number of rotatable bonds is 3. The standard InChI is InChI=1S/C20H26N6O/c21-18(24-22)14-6-8-16(9-7-14)26-12-4-5-15-13-17(23-19(15)26)20(27)25-10-2-1-3-11-25/h6-9,13,23H,1-5,10-12,22H2,(H2,21,24). The maximum atomic E-state index is 12.9. The number of amidine groups is 1. The van der Waals surface area contributed by atoms with Crippen molar-refractivity contribution in [3.05, 3.63) is 47.2 Å². The number of fused-ring (bicyclic) bond motifs is 1. The lowest BCUT2D eigenvalue weighted by Crippen LogP contribution is -2.35. The molecule has 1 aromatic carbocycles. The normalized spacial score (nSPS) is 17.7. The quantitative estimate of drug-likeness (QED) is 0.335. The van der Waals surface area contributed by atoms with E-state index in [9.17, 15) is 4.79 Å². The second-order valence-corrected chi connectivity index (χ2v) is 7.23. The number of hydrazone groups is 1. The average molecular weight is 366 g/mol. The highest BCUT2D eigenvalue weighted by atomic mass is 16.2. The van der Waals surface area contributed by atoms with Gasteiger partial charge in [0.1, 0.15) is 17.3 Å². The van der Waals surface area contributed by atoms with Gasteiger partial charge in [0.25, 0.3) is 5.91 Å². The summed E-state index contributed by atoms with van der Waals surface area (Å²) in [6, 6.07) is 9.88. The maximum Gasteiger partial charge on any atom is 0.270 e. The molecule has 2 aliphatic rings. The fourth-order valence-electron chi connectivity index (χ4n) is 3.98. The molecule has 7 heteroatoms. The van der Waals surface area contributed by atoms with Crippen LogP contribution in [0.25, 0.3) is 0 Å². The van der Waals surface area contributed by atoms with Crippen molar-refractivity contribution in [2.45, 2.75) is 32.1 Å². The first kappa shape index (κ1) is 17.5. The van der Waals surface area contributed by atoms with Gasteiger partial charge < -0.3 is 26.4 Å². The van der Waals surface area contributed by atoms with Gasteiger partial charge in [-0.05, 0) is 68.0 Å². The highest BCUT2D eigenvalue weighted by Crippen LogP contribution is 2.34. The number of aromatic amines is 1. The summed E-state index contributed by atoms with van der Waals surface area (Å²) < 4.78 is 0. The van der Waals surface area contributed by atoms with Gasteiger partial charge in [0.05, 0.1) is 0 Å². The van der Waals surface area contributed by atoms with E-state index in [1.165, 1.54) is 12.0 Å². The van der Waals surface area contributed by atoms with Crippen molar-refractivity contribution in [3.8, 4) is 0 Å². The molecule has 2 aliphatic heterocycles. The van der Waals surface area contributed by atoms with E-state index < -0.39 is 0 Å². The SMILES string of the molecule is NN=C(N)c1ccc(N2CCCc3cc(C(=O)N4CCCCC4)[nH]c32)cc1. The lowest BCUT2D eigenvalue weighted by molar-refractivity contribution is 0.0719. The van der Waals surface area contributed by atoms with Gasteiger partial charge in [-0.1, -0.05) is 0 Å². The number of piperidine rings is 1. The molecule has 0 radical (unpaired) electrons. The van der Waals surface area contributed by atoms with Crippen molar-refractivity contribution in [2.24, 2.45) is 16.7 Å². The molecule has 27 heavy (non-hydrogen) atoms. The number of aryl methyl sites for hydroxylation is 1. The van der Waals surface area contributed by atoms with Crippen LogP contribution in [0, 0.1) is 0 Å². The molecule has 1 amide bonds. The number of amides is 1. The van der Waals surface area contributed by atoms with E-state index in [4.69, 9.17) is 11.6 Å². The molecule has 0 unspecified atom stereocenters. The maximum absolute atomic E-state index is 12.9. The Balaban J connectivity index is 1.60. The van der Waals surface area contributed by atoms with Gasteiger partial charge in [0, 0.05) is 30.9 Å². The predicted molar refractivity (Wildman–Crippen MR) is 107 cm³/mol. The zero-order chi connectivity index (χ0) is 18.8. The van der Waals surface area contributed by atoms with Crippen LogP contribution in [0.4, 0.5) is 11.5 Å². The van der Waals surface area contributed by atoms with E-state index in [2.05, 4.69) is 15.0 Å². The predicted octanol–water partition coefficient (Wildman–Crippen LogP) is 2.30. The number of anilines is 2. The van der Waals surface area contributed by atoms with Crippen LogP contribution in [0.3, 0.4) is 0 Å². The molecule has 1 fully saturated rings. The summed E-state index contributed by atoms with van der Waals surface area (Å²) in [5.41, 5.74) is 9.53. The topological polar surface area (TPSA) is 104 Å². The van der Waals surface area contributed by atoms with E-state index in [0.717, 1.165) is 62.4 Å². The molecule has 0 saturated carbocycles. The Labute approximate surface area is 159 Å². The van der Waals surface area contributed by atoms with Crippen LogP contribution in [-0.2, 0) is 6.42 Å². The number of likely N-dealkylation sites (tertiary alicyclic amines) is 1. The summed E-state index contributed by atoms with van der Waals surface area (Å²) in [5.74, 6) is 6.71. The fraction of sp³-hybridized carbons (Fsp3) is 0.400. The molecule has 1 saturated heterocycles. The number of nitrogens with two attached hydrogens (primary N) is 2. The zero-order valence-corrected chi connectivity index (χ0v) is 15.4. The Kier molecular flexibility index (Phi) is 4.75. The highest BCUT2D eigenvalue weighted by molar-refractivity contribution is 5.97. The molecule has 3 heterocycles. The lowest BCUT2D eigenvalue weighted by atomic mass is 10.1. The number of carbonyl (C=O) groups is 1. The van der Waals surface area contributed by atoms with Crippen LogP contribution >= 0.6 is 0 Å². The van der Waals surface area contributed by atoms with Crippen LogP contribution in [0.15, 0.2) is 35.4 Å². The van der Waals surface area contributed by atoms with Gasteiger partial charge in [-0.25, -0.2) is 0 Å². The second kappa shape index (κ2) is 7.34. The van der Waals surface area contributed by atoms with Crippen molar-refractivity contribution in [2.75, 3.05) is 24.5 Å². The fourth-order valence-corrected chi connectivity index (χ4v) is 3.98. The van der Waals surface area contributed by atoms with E-state index in [-0.39, 0.29) is 5.91 Å². The van der Waals surface area contributed by atoms with Crippen molar-refractivity contribution < 1.29 is 4.79 Å². The molecule has 0 spiro atoms. The third-order valence-electron chi connectivity index (χ3n) is 5.46. The summed E-state index contributed by atoms with van der Waals surface area (Å²) in [6.45, 7) is 2.63. The molecule has 0 bridgehead atoms. The average Bonchev–Trinajstić information content (AvgIpc) is 3.18. The largest absolute Gasteiger partial charge is 0.382 e. The van der Waals surface area contributed by atoms with Gasteiger partial charge in [0.2, 0.25) is 0 Å². The molecular weight excluding hydrogens is 340 g/mol. The van der Waals surface area contributed by atoms with E-state index in [1.807, 2.05) is 35.2 Å². The Morgan fingerprint density at radius 3 is 2.48 bits per heavy atom. The second-order valence-electron chi connectivity index (χ2n) is 7.23.